The highest BCUT2D eigenvalue weighted by Crippen LogP contribution is 2.13. The van der Waals surface area contributed by atoms with Gasteiger partial charge in [0, 0.05) is 23.7 Å². The normalized spacial score (nSPS) is 10.3. The number of thiocarbonyl (C=S) groups is 1. The van der Waals surface area contributed by atoms with Crippen LogP contribution in [0, 0.1) is 0 Å². The minimum absolute atomic E-state index is 0.0653. The largest absolute Gasteiger partial charge is 0.494 e. The number of nitrogens with two attached hydrogens (primary N) is 1. The standard InChI is InChI=1S/C13H14N2O2S2/c14-12(18)10-3-1-4-11(9-10)17-7-2-5-15-6-8-19-13(15)16/h1,3-4,6,8-9H,2,5,7H2,(H2,14,18). The Bertz CT molecular complexity index is 619. The Morgan fingerprint density at radius 3 is 3.00 bits per heavy atom. The van der Waals surface area contributed by atoms with Crippen LogP contribution in [0.5, 0.6) is 5.75 Å². The molecule has 2 aromatic rings. The molecular weight excluding hydrogens is 280 g/mol. The van der Waals surface area contributed by atoms with Crippen molar-refractivity contribution in [2.45, 2.75) is 13.0 Å². The second-order valence-electron chi connectivity index (χ2n) is 3.96. The Morgan fingerprint density at radius 2 is 2.32 bits per heavy atom. The van der Waals surface area contributed by atoms with Gasteiger partial charge in [-0.05, 0) is 18.6 Å². The second-order valence-corrected chi connectivity index (χ2v) is 5.25. The molecule has 1 aromatic heterocycles. The molecule has 0 saturated heterocycles. The molecular formula is C13H14N2O2S2. The van der Waals surface area contributed by atoms with E-state index in [1.165, 1.54) is 11.3 Å². The zero-order valence-electron chi connectivity index (χ0n) is 10.2. The Morgan fingerprint density at radius 1 is 1.47 bits per heavy atom. The first-order valence-electron chi connectivity index (χ1n) is 5.83. The molecule has 0 aliphatic carbocycles. The number of aromatic nitrogens is 1. The quantitative estimate of drug-likeness (QED) is 0.654. The summed E-state index contributed by atoms with van der Waals surface area (Å²) in [6.07, 6.45) is 2.56. The van der Waals surface area contributed by atoms with Crippen molar-refractivity contribution in [1.29, 1.82) is 0 Å². The van der Waals surface area contributed by atoms with Crippen molar-refractivity contribution in [3.63, 3.8) is 0 Å². The lowest BCUT2D eigenvalue weighted by Crippen LogP contribution is -2.14. The van der Waals surface area contributed by atoms with E-state index < -0.39 is 0 Å². The van der Waals surface area contributed by atoms with Crippen LogP contribution in [0.15, 0.2) is 40.6 Å². The van der Waals surface area contributed by atoms with Crippen LogP contribution in [0.1, 0.15) is 12.0 Å². The van der Waals surface area contributed by atoms with E-state index >= 15 is 0 Å². The maximum absolute atomic E-state index is 11.3. The molecule has 1 heterocycles. The van der Waals surface area contributed by atoms with E-state index in [4.69, 9.17) is 22.7 Å². The Balaban J connectivity index is 1.83. The van der Waals surface area contributed by atoms with Crippen LogP contribution in [0.4, 0.5) is 0 Å². The summed E-state index contributed by atoms with van der Waals surface area (Å²) >= 11 is 6.11. The molecule has 0 amide bonds. The fourth-order valence-electron chi connectivity index (χ4n) is 1.62. The highest BCUT2D eigenvalue weighted by molar-refractivity contribution is 7.80. The lowest BCUT2D eigenvalue weighted by Gasteiger charge is -2.07. The molecule has 0 aliphatic heterocycles. The van der Waals surface area contributed by atoms with Gasteiger partial charge in [-0.25, -0.2) is 0 Å². The Kier molecular flexibility index (Phi) is 4.70. The zero-order chi connectivity index (χ0) is 13.7. The van der Waals surface area contributed by atoms with Crippen molar-refractivity contribution in [1.82, 2.24) is 4.57 Å². The van der Waals surface area contributed by atoms with E-state index in [1.54, 1.807) is 16.1 Å². The summed E-state index contributed by atoms with van der Waals surface area (Å²) in [5.74, 6) is 0.739. The first-order valence-corrected chi connectivity index (χ1v) is 7.12. The summed E-state index contributed by atoms with van der Waals surface area (Å²) in [5, 5.41) is 1.79. The van der Waals surface area contributed by atoms with Gasteiger partial charge in [0.25, 0.3) is 0 Å². The summed E-state index contributed by atoms with van der Waals surface area (Å²) < 4.78 is 7.29. The number of thiazole rings is 1. The van der Waals surface area contributed by atoms with Crippen LogP contribution in [-0.2, 0) is 6.54 Å². The van der Waals surface area contributed by atoms with Crippen LogP contribution >= 0.6 is 23.6 Å². The summed E-state index contributed by atoms with van der Waals surface area (Å²) in [7, 11) is 0. The van der Waals surface area contributed by atoms with Gasteiger partial charge in [0.05, 0.1) is 6.61 Å². The van der Waals surface area contributed by atoms with Crippen LogP contribution in [-0.4, -0.2) is 16.2 Å². The third kappa shape index (κ3) is 3.90. The first kappa shape index (κ1) is 13.8. The van der Waals surface area contributed by atoms with Crippen LogP contribution in [0.2, 0.25) is 0 Å². The Hall–Kier alpha value is -1.66. The average Bonchev–Trinajstić information content (AvgIpc) is 2.81. The van der Waals surface area contributed by atoms with E-state index in [0.29, 0.717) is 18.1 Å². The number of hydrogen-bond donors (Lipinski definition) is 1. The summed E-state index contributed by atoms with van der Waals surface area (Å²) in [6, 6.07) is 7.38. The number of benzene rings is 1. The summed E-state index contributed by atoms with van der Waals surface area (Å²) in [4.78, 5) is 11.7. The average molecular weight is 294 g/mol. The zero-order valence-corrected chi connectivity index (χ0v) is 11.9. The van der Waals surface area contributed by atoms with Gasteiger partial charge in [-0.15, -0.1) is 0 Å². The molecule has 2 N–H and O–H groups in total. The fraction of sp³-hybridized carbons (Fsp3) is 0.231. The van der Waals surface area contributed by atoms with Gasteiger partial charge in [0.2, 0.25) is 0 Å². The summed E-state index contributed by atoms with van der Waals surface area (Å²) in [5.41, 5.74) is 6.35. The van der Waals surface area contributed by atoms with Crippen LogP contribution in [0.25, 0.3) is 0 Å². The molecule has 0 atom stereocenters. The molecule has 0 aliphatic rings. The van der Waals surface area contributed by atoms with E-state index in [-0.39, 0.29) is 4.87 Å². The number of nitrogens with zero attached hydrogens (tertiary/aromatic N) is 1. The van der Waals surface area contributed by atoms with Crippen molar-refractivity contribution in [2.75, 3.05) is 6.61 Å². The second kappa shape index (κ2) is 6.49. The fourth-order valence-corrected chi connectivity index (χ4v) is 2.36. The van der Waals surface area contributed by atoms with Gasteiger partial charge >= 0.3 is 4.87 Å². The van der Waals surface area contributed by atoms with E-state index in [9.17, 15) is 4.79 Å². The van der Waals surface area contributed by atoms with Gasteiger partial charge in [0.15, 0.2) is 0 Å². The van der Waals surface area contributed by atoms with Crippen molar-refractivity contribution >= 4 is 28.5 Å². The van der Waals surface area contributed by atoms with Gasteiger partial charge in [-0.3, -0.25) is 4.79 Å². The number of ether oxygens (including phenoxy) is 1. The van der Waals surface area contributed by atoms with Crippen molar-refractivity contribution < 1.29 is 4.74 Å². The molecule has 19 heavy (non-hydrogen) atoms. The van der Waals surface area contributed by atoms with E-state index in [2.05, 4.69) is 0 Å². The molecule has 0 spiro atoms. The lowest BCUT2D eigenvalue weighted by atomic mass is 10.2. The monoisotopic (exact) mass is 294 g/mol. The minimum Gasteiger partial charge on any atom is -0.494 e. The predicted molar refractivity (Wildman–Crippen MR) is 81.0 cm³/mol. The number of rotatable bonds is 6. The predicted octanol–water partition coefficient (Wildman–Crippen LogP) is 2.01. The van der Waals surface area contributed by atoms with Crippen LogP contribution in [0.3, 0.4) is 0 Å². The third-order valence-electron chi connectivity index (χ3n) is 2.57. The third-order valence-corrected chi connectivity index (χ3v) is 3.50. The highest BCUT2D eigenvalue weighted by atomic mass is 32.1. The van der Waals surface area contributed by atoms with Gasteiger partial charge in [-0.1, -0.05) is 35.7 Å². The molecule has 2 rings (SSSR count). The molecule has 4 nitrogen and oxygen atoms in total. The van der Waals surface area contributed by atoms with Crippen molar-refractivity contribution in [2.24, 2.45) is 5.73 Å². The molecule has 0 radical (unpaired) electrons. The molecule has 100 valence electrons. The van der Waals surface area contributed by atoms with Crippen molar-refractivity contribution in [3.05, 3.63) is 51.1 Å². The molecule has 0 bridgehead atoms. The van der Waals surface area contributed by atoms with Crippen molar-refractivity contribution in [3.8, 4) is 5.75 Å². The van der Waals surface area contributed by atoms with Gasteiger partial charge in [-0.2, -0.15) is 0 Å². The SMILES string of the molecule is NC(=S)c1cccc(OCCCn2ccsc2=O)c1. The van der Waals surface area contributed by atoms with Gasteiger partial charge < -0.3 is 15.0 Å². The maximum atomic E-state index is 11.3. The lowest BCUT2D eigenvalue weighted by molar-refractivity contribution is 0.301. The molecule has 6 heteroatoms. The minimum atomic E-state index is 0.0653. The highest BCUT2D eigenvalue weighted by Gasteiger charge is 2.00. The molecule has 1 aromatic carbocycles. The molecule has 0 saturated carbocycles. The summed E-state index contributed by atoms with van der Waals surface area (Å²) in [6.45, 7) is 1.21. The number of hydrogen-bond acceptors (Lipinski definition) is 4. The number of aryl methyl sites for hydroxylation is 1. The van der Waals surface area contributed by atoms with E-state index in [0.717, 1.165) is 17.7 Å². The topological polar surface area (TPSA) is 57.2 Å². The smallest absolute Gasteiger partial charge is 0.307 e. The van der Waals surface area contributed by atoms with Gasteiger partial charge in [0.1, 0.15) is 10.7 Å². The molecule has 0 unspecified atom stereocenters. The Labute approximate surface area is 120 Å². The van der Waals surface area contributed by atoms with Crippen LogP contribution < -0.4 is 15.3 Å². The first-order chi connectivity index (χ1) is 9.16. The maximum Gasteiger partial charge on any atom is 0.307 e. The van der Waals surface area contributed by atoms with E-state index in [1.807, 2.05) is 24.3 Å². The molecule has 0 fully saturated rings.